The Bertz CT molecular complexity index is 595. The normalized spacial score (nSPS) is 10.4. The molecule has 0 unspecified atom stereocenters. The predicted molar refractivity (Wildman–Crippen MR) is 73.1 cm³/mol. The van der Waals surface area contributed by atoms with E-state index in [-0.39, 0.29) is 21.8 Å². The smallest absolute Gasteiger partial charge is 0.265 e. The number of benzene rings is 1. The van der Waals surface area contributed by atoms with E-state index in [1.165, 1.54) is 18.2 Å². The van der Waals surface area contributed by atoms with Gasteiger partial charge in [-0.3, -0.25) is 8.32 Å². The molecule has 1 N–H and O–H groups in total. The molecule has 0 fully saturated rings. The number of aromatic nitrogens is 1. The summed E-state index contributed by atoms with van der Waals surface area (Å²) in [6.45, 7) is 1.58. The van der Waals surface area contributed by atoms with Crippen molar-refractivity contribution in [1.82, 2.24) is 8.69 Å². The third kappa shape index (κ3) is 2.22. The summed E-state index contributed by atoms with van der Waals surface area (Å²) >= 11 is 7.63. The van der Waals surface area contributed by atoms with Gasteiger partial charge in [-0.05, 0) is 19.1 Å². The number of carbonyl (C=O) groups excluding carboxylic acids is 1. The minimum absolute atomic E-state index is 0.0611. The number of hydrogen-bond donors (Lipinski definition) is 1. The highest BCUT2D eigenvalue weighted by molar-refractivity contribution is 14.1. The van der Waals surface area contributed by atoms with E-state index in [4.69, 9.17) is 16.1 Å². The molecule has 1 amide bonds. The third-order valence-corrected chi connectivity index (χ3v) is 3.18. The van der Waals surface area contributed by atoms with Crippen LogP contribution in [0.2, 0.25) is 5.02 Å². The highest BCUT2D eigenvalue weighted by atomic mass is 127. The molecule has 0 aliphatic rings. The lowest BCUT2D eigenvalue weighted by molar-refractivity contribution is 0.0988. The van der Waals surface area contributed by atoms with Gasteiger partial charge in [0.05, 0.1) is 33.5 Å². The zero-order valence-corrected chi connectivity index (χ0v) is 12.0. The van der Waals surface area contributed by atoms with Gasteiger partial charge in [-0.15, -0.1) is 0 Å². The molecule has 0 aliphatic heterocycles. The van der Waals surface area contributed by atoms with Crippen LogP contribution in [-0.2, 0) is 0 Å². The van der Waals surface area contributed by atoms with Gasteiger partial charge >= 0.3 is 0 Å². The van der Waals surface area contributed by atoms with Gasteiger partial charge in [-0.2, -0.15) is 0 Å². The maximum absolute atomic E-state index is 13.8. The van der Waals surface area contributed by atoms with Gasteiger partial charge in [0.2, 0.25) is 0 Å². The fraction of sp³-hybridized carbons (Fsp3) is 0.0909. The van der Waals surface area contributed by atoms with Gasteiger partial charge < -0.3 is 4.52 Å². The van der Waals surface area contributed by atoms with E-state index < -0.39 is 11.7 Å². The predicted octanol–water partition coefficient (Wildman–Crippen LogP) is 3.52. The number of aryl methyl sites for hydroxylation is 1. The van der Waals surface area contributed by atoms with E-state index >= 15 is 0 Å². The molecule has 1 heterocycles. The van der Waals surface area contributed by atoms with Crippen LogP contribution in [-0.4, -0.2) is 11.1 Å². The van der Waals surface area contributed by atoms with E-state index in [0.717, 1.165) is 0 Å². The molecule has 0 atom stereocenters. The van der Waals surface area contributed by atoms with E-state index in [0.29, 0.717) is 5.76 Å². The van der Waals surface area contributed by atoms with Crippen LogP contribution < -0.4 is 3.53 Å². The van der Waals surface area contributed by atoms with Crippen LogP contribution in [0.4, 0.5) is 4.39 Å². The van der Waals surface area contributed by atoms with Crippen LogP contribution in [0, 0.1) is 12.7 Å². The minimum atomic E-state index is -0.557. The Morgan fingerprint density at radius 1 is 1.56 bits per heavy atom. The zero-order chi connectivity index (χ0) is 13.3. The second-order valence-corrected chi connectivity index (χ2v) is 4.43. The summed E-state index contributed by atoms with van der Waals surface area (Å²) in [6, 6.07) is 4.25. The molecule has 2 rings (SSSR count). The second kappa shape index (κ2) is 5.23. The number of rotatable bonds is 2. The first-order chi connectivity index (χ1) is 8.56. The zero-order valence-electron chi connectivity index (χ0n) is 9.13. The summed E-state index contributed by atoms with van der Waals surface area (Å²) in [4.78, 5) is 11.7. The fourth-order valence-electron chi connectivity index (χ4n) is 1.58. The molecule has 0 radical (unpaired) electrons. The Hall–Kier alpha value is -1.15. The molecule has 0 spiro atoms. The minimum Gasteiger partial charge on any atom is -0.360 e. The van der Waals surface area contributed by atoms with Crippen LogP contribution in [0.25, 0.3) is 11.3 Å². The molecular weight excluding hydrogens is 373 g/mol. The molecule has 4 nitrogen and oxygen atoms in total. The maximum Gasteiger partial charge on any atom is 0.265 e. The lowest BCUT2D eigenvalue weighted by atomic mass is 10.1. The van der Waals surface area contributed by atoms with Crippen molar-refractivity contribution in [3.63, 3.8) is 0 Å². The fourth-order valence-corrected chi connectivity index (χ4v) is 2.10. The van der Waals surface area contributed by atoms with Gasteiger partial charge in [-0.25, -0.2) is 4.39 Å². The van der Waals surface area contributed by atoms with E-state index in [1.54, 1.807) is 29.8 Å². The Morgan fingerprint density at radius 2 is 2.28 bits per heavy atom. The summed E-state index contributed by atoms with van der Waals surface area (Å²) in [7, 11) is 0. The van der Waals surface area contributed by atoms with E-state index in [2.05, 4.69) is 8.69 Å². The first-order valence-corrected chi connectivity index (χ1v) is 6.33. The lowest BCUT2D eigenvalue weighted by Gasteiger charge is -2.04. The van der Waals surface area contributed by atoms with E-state index in [1.807, 2.05) is 0 Å². The molecule has 0 aliphatic carbocycles. The largest absolute Gasteiger partial charge is 0.360 e. The van der Waals surface area contributed by atoms with Crippen LogP contribution in [0.1, 0.15) is 16.1 Å². The van der Waals surface area contributed by atoms with Gasteiger partial charge in [-0.1, -0.05) is 22.8 Å². The van der Waals surface area contributed by atoms with Crippen molar-refractivity contribution in [2.24, 2.45) is 0 Å². The van der Waals surface area contributed by atoms with Crippen LogP contribution in [0.5, 0.6) is 0 Å². The monoisotopic (exact) mass is 380 g/mol. The average Bonchev–Trinajstić information content (AvgIpc) is 2.70. The van der Waals surface area contributed by atoms with Gasteiger partial charge in [0, 0.05) is 0 Å². The van der Waals surface area contributed by atoms with Crippen LogP contribution >= 0.6 is 34.5 Å². The first-order valence-electron chi connectivity index (χ1n) is 4.88. The molecule has 2 aromatic rings. The Morgan fingerprint density at radius 3 is 2.89 bits per heavy atom. The average molecular weight is 381 g/mol. The summed E-state index contributed by atoms with van der Waals surface area (Å²) in [6.07, 6.45) is 0. The molecular formula is C11H7ClFIN2O2. The second-order valence-electron chi connectivity index (χ2n) is 3.48. The Kier molecular flexibility index (Phi) is 3.86. The third-order valence-electron chi connectivity index (χ3n) is 2.38. The number of carbonyl (C=O) groups is 1. The molecule has 94 valence electrons. The van der Waals surface area contributed by atoms with Crippen molar-refractivity contribution < 1.29 is 13.7 Å². The van der Waals surface area contributed by atoms with E-state index in [9.17, 15) is 9.18 Å². The van der Waals surface area contributed by atoms with Crippen molar-refractivity contribution in [1.29, 1.82) is 0 Å². The van der Waals surface area contributed by atoms with Crippen molar-refractivity contribution in [2.75, 3.05) is 0 Å². The Balaban J connectivity index is 2.69. The standard InChI is InChI=1S/C11H7ClFIN2O2/c1-5-8(11(17)15-14)10(16-18-5)9-6(12)3-2-4-7(9)13/h2-4H,1H3,(H,15,17). The van der Waals surface area contributed by atoms with Gasteiger partial charge in [0.15, 0.2) is 0 Å². The van der Waals surface area contributed by atoms with Crippen LogP contribution in [0.15, 0.2) is 22.7 Å². The van der Waals surface area contributed by atoms with Gasteiger partial charge in [0.25, 0.3) is 5.91 Å². The summed E-state index contributed by atoms with van der Waals surface area (Å²) < 4.78 is 21.2. The van der Waals surface area contributed by atoms with Gasteiger partial charge in [0.1, 0.15) is 22.8 Å². The number of halogens is 3. The quantitative estimate of drug-likeness (QED) is 0.641. The van der Waals surface area contributed by atoms with Crippen molar-refractivity contribution in [2.45, 2.75) is 6.92 Å². The van der Waals surface area contributed by atoms with Crippen molar-refractivity contribution in [3.05, 3.63) is 40.4 Å². The van der Waals surface area contributed by atoms with Crippen molar-refractivity contribution in [3.8, 4) is 11.3 Å². The summed E-state index contributed by atoms with van der Waals surface area (Å²) in [5, 5.41) is 3.89. The number of nitrogens with one attached hydrogen (secondary N) is 1. The molecule has 18 heavy (non-hydrogen) atoms. The molecule has 1 aromatic carbocycles. The molecule has 0 bridgehead atoms. The molecule has 0 saturated heterocycles. The summed E-state index contributed by atoms with van der Waals surface area (Å²) in [5.41, 5.74) is 0.340. The highest BCUT2D eigenvalue weighted by Crippen LogP contribution is 2.33. The lowest BCUT2D eigenvalue weighted by Crippen LogP contribution is -2.13. The topological polar surface area (TPSA) is 55.1 Å². The number of amides is 1. The molecule has 0 saturated carbocycles. The summed E-state index contributed by atoms with van der Waals surface area (Å²) in [5.74, 6) is -0.666. The first kappa shape index (κ1) is 13.3. The van der Waals surface area contributed by atoms with Crippen molar-refractivity contribution >= 4 is 40.4 Å². The number of hydrogen-bond acceptors (Lipinski definition) is 3. The van der Waals surface area contributed by atoms with Crippen LogP contribution in [0.3, 0.4) is 0 Å². The Labute approximate surface area is 121 Å². The maximum atomic E-state index is 13.8. The SMILES string of the molecule is Cc1onc(-c2c(F)cccc2Cl)c1C(=O)NI. The molecule has 7 heteroatoms. The molecule has 1 aromatic heterocycles. The number of nitrogens with zero attached hydrogens (tertiary/aromatic N) is 1. The highest BCUT2D eigenvalue weighted by Gasteiger charge is 2.24.